The summed E-state index contributed by atoms with van der Waals surface area (Å²) in [6, 6.07) is 0. The lowest BCUT2D eigenvalue weighted by Crippen LogP contribution is -2.20. The number of aryl methyl sites for hydroxylation is 2. The molecule has 2 heterocycles. The van der Waals surface area contributed by atoms with Crippen LogP contribution in [0.25, 0.3) is 0 Å². The van der Waals surface area contributed by atoms with Crippen LogP contribution in [0.3, 0.4) is 0 Å². The van der Waals surface area contributed by atoms with Crippen molar-refractivity contribution in [3.05, 3.63) is 36.4 Å². The van der Waals surface area contributed by atoms with E-state index >= 15 is 0 Å². The Bertz CT molecular complexity index is 471. The van der Waals surface area contributed by atoms with Crippen LogP contribution in [0.15, 0.2) is 24.8 Å². The van der Waals surface area contributed by atoms with E-state index in [1.54, 1.807) is 0 Å². The molecule has 0 fully saturated rings. The number of hydrogen-bond donors (Lipinski definition) is 1. The average Bonchev–Trinajstić information content (AvgIpc) is 2.95. The van der Waals surface area contributed by atoms with Gasteiger partial charge >= 0.3 is 0 Å². The van der Waals surface area contributed by atoms with Crippen molar-refractivity contribution in [2.24, 2.45) is 7.05 Å². The first-order valence-corrected chi connectivity index (χ1v) is 6.48. The molecule has 0 spiro atoms. The summed E-state index contributed by atoms with van der Waals surface area (Å²) in [5.74, 6) is 2.22. The molecule has 0 amide bonds. The predicted octanol–water partition coefficient (Wildman–Crippen LogP) is 1.36. The van der Waals surface area contributed by atoms with Crippen molar-refractivity contribution in [1.29, 1.82) is 0 Å². The van der Waals surface area contributed by atoms with Gasteiger partial charge in [0, 0.05) is 51.3 Å². The minimum absolute atomic E-state index is 0.817. The lowest BCUT2D eigenvalue weighted by atomic mass is 10.4. The highest BCUT2D eigenvalue weighted by Gasteiger charge is 2.02. The van der Waals surface area contributed by atoms with Crippen molar-refractivity contribution in [2.75, 3.05) is 6.54 Å². The Morgan fingerprint density at radius 2 is 1.94 bits per heavy atom. The second-order valence-corrected chi connectivity index (χ2v) is 4.42. The summed E-state index contributed by atoms with van der Waals surface area (Å²) in [5, 5.41) is 3.42. The molecule has 2 aromatic heterocycles. The second-order valence-electron chi connectivity index (χ2n) is 4.42. The van der Waals surface area contributed by atoms with Crippen LogP contribution in [0.5, 0.6) is 0 Å². The fourth-order valence-electron chi connectivity index (χ4n) is 1.99. The van der Waals surface area contributed by atoms with Gasteiger partial charge in [-0.25, -0.2) is 9.97 Å². The molecular weight excluding hydrogens is 226 g/mol. The van der Waals surface area contributed by atoms with Gasteiger partial charge in [0.25, 0.3) is 0 Å². The highest BCUT2D eigenvalue weighted by Crippen LogP contribution is 1.99. The maximum absolute atomic E-state index is 4.37. The first-order valence-electron chi connectivity index (χ1n) is 6.48. The number of rotatable bonds is 7. The molecule has 0 unspecified atom stereocenters. The molecule has 0 aliphatic heterocycles. The molecule has 0 atom stereocenters. The van der Waals surface area contributed by atoms with Crippen molar-refractivity contribution in [3.8, 4) is 0 Å². The first kappa shape index (κ1) is 12.8. The minimum Gasteiger partial charge on any atom is -0.338 e. The SMILES string of the molecule is CCCn1ccnc1CNCCc1nccn1C. The number of imidazole rings is 2. The van der Waals surface area contributed by atoms with Crippen LogP contribution in [0.4, 0.5) is 0 Å². The molecule has 0 saturated carbocycles. The summed E-state index contributed by atoms with van der Waals surface area (Å²) in [6.45, 7) is 4.95. The fourth-order valence-corrected chi connectivity index (χ4v) is 1.99. The Morgan fingerprint density at radius 1 is 1.17 bits per heavy atom. The van der Waals surface area contributed by atoms with Gasteiger partial charge in [0.1, 0.15) is 11.6 Å². The molecule has 2 rings (SSSR count). The summed E-state index contributed by atoms with van der Waals surface area (Å²) in [4.78, 5) is 8.67. The molecule has 0 bridgehead atoms. The molecule has 0 aliphatic carbocycles. The van der Waals surface area contributed by atoms with E-state index in [9.17, 15) is 0 Å². The number of nitrogens with zero attached hydrogens (tertiary/aromatic N) is 4. The van der Waals surface area contributed by atoms with Gasteiger partial charge in [0.2, 0.25) is 0 Å². The summed E-state index contributed by atoms with van der Waals surface area (Å²) in [6.07, 6.45) is 9.80. The summed E-state index contributed by atoms with van der Waals surface area (Å²) < 4.78 is 4.26. The Morgan fingerprint density at radius 3 is 2.67 bits per heavy atom. The van der Waals surface area contributed by atoms with Crippen LogP contribution in [-0.4, -0.2) is 25.6 Å². The van der Waals surface area contributed by atoms with Crippen LogP contribution in [0, 0.1) is 0 Å². The molecule has 5 nitrogen and oxygen atoms in total. The maximum Gasteiger partial charge on any atom is 0.122 e. The molecule has 98 valence electrons. The molecule has 18 heavy (non-hydrogen) atoms. The van der Waals surface area contributed by atoms with Crippen molar-refractivity contribution < 1.29 is 0 Å². The summed E-state index contributed by atoms with van der Waals surface area (Å²) in [7, 11) is 2.02. The second kappa shape index (κ2) is 6.35. The molecule has 5 heteroatoms. The zero-order valence-corrected chi connectivity index (χ0v) is 11.1. The van der Waals surface area contributed by atoms with Gasteiger partial charge in [0.15, 0.2) is 0 Å². The van der Waals surface area contributed by atoms with E-state index in [2.05, 4.69) is 31.3 Å². The minimum atomic E-state index is 0.817. The van der Waals surface area contributed by atoms with Gasteiger partial charge in [-0.1, -0.05) is 6.92 Å². The van der Waals surface area contributed by atoms with E-state index < -0.39 is 0 Å². The van der Waals surface area contributed by atoms with E-state index in [1.165, 1.54) is 0 Å². The molecule has 0 aromatic carbocycles. The van der Waals surface area contributed by atoms with Gasteiger partial charge in [0.05, 0.1) is 6.54 Å². The maximum atomic E-state index is 4.37. The highest BCUT2D eigenvalue weighted by atomic mass is 15.1. The topological polar surface area (TPSA) is 47.7 Å². The van der Waals surface area contributed by atoms with Gasteiger partial charge in [-0.2, -0.15) is 0 Å². The summed E-state index contributed by atoms with van der Waals surface area (Å²) in [5.41, 5.74) is 0. The van der Waals surface area contributed by atoms with Crippen LogP contribution in [0.1, 0.15) is 25.0 Å². The van der Waals surface area contributed by atoms with E-state index in [0.717, 1.165) is 44.1 Å². The lowest BCUT2D eigenvalue weighted by molar-refractivity contribution is 0.582. The average molecular weight is 247 g/mol. The third kappa shape index (κ3) is 3.20. The third-order valence-electron chi connectivity index (χ3n) is 3.00. The molecule has 2 aromatic rings. The van der Waals surface area contributed by atoms with Crippen molar-refractivity contribution in [3.63, 3.8) is 0 Å². The third-order valence-corrected chi connectivity index (χ3v) is 3.00. The fraction of sp³-hybridized carbons (Fsp3) is 0.538. The number of hydrogen-bond acceptors (Lipinski definition) is 3. The number of aromatic nitrogens is 4. The van der Waals surface area contributed by atoms with E-state index in [-0.39, 0.29) is 0 Å². The van der Waals surface area contributed by atoms with Gasteiger partial charge in [-0.15, -0.1) is 0 Å². The molecule has 0 saturated heterocycles. The van der Waals surface area contributed by atoms with Crippen LogP contribution < -0.4 is 5.32 Å². The van der Waals surface area contributed by atoms with Gasteiger partial charge in [-0.05, 0) is 6.42 Å². The quantitative estimate of drug-likeness (QED) is 0.752. The van der Waals surface area contributed by atoms with Crippen LogP contribution in [0.2, 0.25) is 0 Å². The molecular formula is C13H21N5. The van der Waals surface area contributed by atoms with Crippen LogP contribution in [-0.2, 0) is 26.6 Å². The van der Waals surface area contributed by atoms with E-state index in [4.69, 9.17) is 0 Å². The van der Waals surface area contributed by atoms with Crippen molar-refractivity contribution >= 4 is 0 Å². The van der Waals surface area contributed by atoms with Gasteiger partial charge < -0.3 is 14.5 Å². The standard InChI is InChI=1S/C13H21N5/c1-3-8-18-10-7-16-13(18)11-14-5-4-12-15-6-9-17(12)2/h6-7,9-10,14H,3-5,8,11H2,1-2H3. The van der Waals surface area contributed by atoms with Gasteiger partial charge in [-0.3, -0.25) is 0 Å². The number of nitrogens with one attached hydrogen (secondary N) is 1. The largest absolute Gasteiger partial charge is 0.338 e. The Balaban J connectivity index is 1.75. The zero-order valence-electron chi connectivity index (χ0n) is 11.1. The monoisotopic (exact) mass is 247 g/mol. The Kier molecular flexibility index (Phi) is 4.52. The first-order chi connectivity index (χ1) is 8.81. The van der Waals surface area contributed by atoms with E-state index in [0.29, 0.717) is 0 Å². The van der Waals surface area contributed by atoms with Crippen molar-refractivity contribution in [2.45, 2.75) is 32.9 Å². The Labute approximate surface area is 108 Å². The van der Waals surface area contributed by atoms with Crippen LogP contribution >= 0.6 is 0 Å². The van der Waals surface area contributed by atoms with E-state index in [1.807, 2.05) is 31.8 Å². The smallest absolute Gasteiger partial charge is 0.122 e. The lowest BCUT2D eigenvalue weighted by Gasteiger charge is -2.07. The normalized spacial score (nSPS) is 11.0. The summed E-state index contributed by atoms with van der Waals surface area (Å²) >= 11 is 0. The predicted molar refractivity (Wildman–Crippen MR) is 71.1 cm³/mol. The Hall–Kier alpha value is -1.62. The van der Waals surface area contributed by atoms with Crippen molar-refractivity contribution in [1.82, 2.24) is 24.4 Å². The molecule has 0 radical (unpaired) electrons. The molecule has 0 aliphatic rings. The zero-order chi connectivity index (χ0) is 12.8. The highest BCUT2D eigenvalue weighted by molar-refractivity contribution is 4.94. The molecule has 1 N–H and O–H groups in total.